The normalized spacial score (nSPS) is 15.8. The van der Waals surface area contributed by atoms with Gasteiger partial charge in [-0.05, 0) is 91.9 Å². The van der Waals surface area contributed by atoms with Gasteiger partial charge in [0.1, 0.15) is 23.0 Å². The number of methoxy groups -OCH3 is 1. The number of hydrogen-bond donors (Lipinski definition) is 4. The summed E-state index contributed by atoms with van der Waals surface area (Å²) in [5.41, 5.74) is 1.74. The van der Waals surface area contributed by atoms with Crippen molar-refractivity contribution in [2.24, 2.45) is 0 Å². The molecule has 1 saturated carbocycles. The second kappa shape index (κ2) is 14.8. The largest absolute Gasteiger partial charge is 0.497 e. The lowest BCUT2D eigenvalue weighted by Crippen LogP contribution is -2.41. The maximum atomic E-state index is 12.5. The van der Waals surface area contributed by atoms with Crippen molar-refractivity contribution in [1.29, 1.82) is 0 Å². The zero-order chi connectivity index (χ0) is 31.6. The Morgan fingerprint density at radius 2 is 1.42 bits per heavy atom. The topological polar surface area (TPSA) is 135 Å². The SMILES string of the molecule is COc1cccc(NC(=O)NC2CCC(Oc3ccc(Oc4ccc(CC(=O)Nc5ccccc5C(=O)O)cc4)cc3)CC2)c1. The predicted molar refractivity (Wildman–Crippen MR) is 171 cm³/mol. The summed E-state index contributed by atoms with van der Waals surface area (Å²) >= 11 is 0. The van der Waals surface area contributed by atoms with E-state index in [1.807, 2.05) is 42.5 Å². The smallest absolute Gasteiger partial charge is 0.337 e. The van der Waals surface area contributed by atoms with E-state index in [1.165, 1.54) is 6.07 Å². The maximum Gasteiger partial charge on any atom is 0.337 e. The lowest BCUT2D eigenvalue weighted by atomic mass is 9.93. The number of hydrogen-bond acceptors (Lipinski definition) is 6. The van der Waals surface area contributed by atoms with Gasteiger partial charge in [0.15, 0.2) is 0 Å². The van der Waals surface area contributed by atoms with Crippen LogP contribution >= 0.6 is 0 Å². The average Bonchev–Trinajstić information content (AvgIpc) is 3.04. The summed E-state index contributed by atoms with van der Waals surface area (Å²) in [6.45, 7) is 0. The number of carbonyl (C=O) groups excluding carboxylic acids is 2. The lowest BCUT2D eigenvalue weighted by molar-refractivity contribution is -0.115. The van der Waals surface area contributed by atoms with Gasteiger partial charge in [-0.15, -0.1) is 0 Å². The highest BCUT2D eigenvalue weighted by Gasteiger charge is 2.24. The zero-order valence-electron chi connectivity index (χ0n) is 24.8. The van der Waals surface area contributed by atoms with Gasteiger partial charge in [0.2, 0.25) is 5.91 Å². The molecule has 45 heavy (non-hydrogen) atoms. The zero-order valence-corrected chi connectivity index (χ0v) is 24.8. The van der Waals surface area contributed by atoms with E-state index in [0.29, 0.717) is 22.9 Å². The summed E-state index contributed by atoms with van der Waals surface area (Å²) in [5, 5.41) is 17.9. The fraction of sp³-hybridized carbons (Fsp3) is 0.229. The van der Waals surface area contributed by atoms with E-state index < -0.39 is 5.97 Å². The van der Waals surface area contributed by atoms with E-state index in [9.17, 15) is 19.5 Å². The Morgan fingerprint density at radius 3 is 2.11 bits per heavy atom. The molecule has 4 aromatic carbocycles. The number of carboxylic acid groups (broad SMARTS) is 1. The number of urea groups is 1. The highest BCUT2D eigenvalue weighted by Crippen LogP contribution is 2.28. The molecular weight excluding hydrogens is 574 g/mol. The molecular formula is C35H35N3O7. The van der Waals surface area contributed by atoms with Crippen LogP contribution in [-0.4, -0.2) is 42.3 Å². The Balaban J connectivity index is 1.04. The van der Waals surface area contributed by atoms with E-state index in [2.05, 4.69) is 16.0 Å². The first-order valence-electron chi connectivity index (χ1n) is 14.7. The molecule has 5 rings (SSSR count). The number of ether oxygens (including phenoxy) is 3. The number of aromatic carboxylic acids is 1. The van der Waals surface area contributed by atoms with Crippen molar-refractivity contribution in [2.75, 3.05) is 17.7 Å². The highest BCUT2D eigenvalue weighted by molar-refractivity contribution is 6.01. The fourth-order valence-corrected chi connectivity index (χ4v) is 5.13. The van der Waals surface area contributed by atoms with E-state index in [0.717, 1.165) is 37.0 Å². The Hall–Kier alpha value is -5.51. The van der Waals surface area contributed by atoms with Crippen molar-refractivity contribution in [3.63, 3.8) is 0 Å². The molecule has 4 aromatic rings. The summed E-state index contributed by atoms with van der Waals surface area (Å²) < 4.78 is 17.3. The minimum Gasteiger partial charge on any atom is -0.497 e. The number of benzene rings is 4. The van der Waals surface area contributed by atoms with Gasteiger partial charge in [0, 0.05) is 17.8 Å². The third-order valence-corrected chi connectivity index (χ3v) is 7.42. The minimum atomic E-state index is -1.10. The number of nitrogens with one attached hydrogen (secondary N) is 3. The molecule has 0 aliphatic heterocycles. The van der Waals surface area contributed by atoms with E-state index in [1.54, 1.807) is 55.6 Å². The Bertz CT molecular complexity index is 1620. The summed E-state index contributed by atoms with van der Waals surface area (Å²) in [5.74, 6) is 1.28. The van der Waals surface area contributed by atoms with Crippen LogP contribution in [0.15, 0.2) is 97.1 Å². The third kappa shape index (κ3) is 8.99. The molecule has 4 N–H and O–H groups in total. The van der Waals surface area contributed by atoms with E-state index in [-0.39, 0.29) is 41.8 Å². The van der Waals surface area contributed by atoms with Gasteiger partial charge in [0.05, 0.1) is 30.9 Å². The van der Waals surface area contributed by atoms with E-state index >= 15 is 0 Å². The molecule has 0 atom stereocenters. The van der Waals surface area contributed by atoms with Crippen molar-refractivity contribution in [3.8, 4) is 23.0 Å². The Kier molecular flexibility index (Phi) is 10.2. The molecule has 1 aliphatic rings. The van der Waals surface area contributed by atoms with Crippen LogP contribution in [0.2, 0.25) is 0 Å². The van der Waals surface area contributed by atoms with Crippen LogP contribution in [0.25, 0.3) is 0 Å². The molecule has 1 fully saturated rings. The van der Waals surface area contributed by atoms with Gasteiger partial charge in [-0.3, -0.25) is 4.79 Å². The second-order valence-electron chi connectivity index (χ2n) is 10.7. The van der Waals surface area contributed by atoms with Gasteiger partial charge >= 0.3 is 12.0 Å². The Morgan fingerprint density at radius 1 is 0.756 bits per heavy atom. The first kappa shape index (κ1) is 30.9. The maximum absolute atomic E-state index is 12.5. The van der Waals surface area contributed by atoms with Crippen molar-refractivity contribution in [3.05, 3.63) is 108 Å². The van der Waals surface area contributed by atoms with Gasteiger partial charge in [-0.25, -0.2) is 9.59 Å². The van der Waals surface area contributed by atoms with Crippen LogP contribution in [0.3, 0.4) is 0 Å². The van der Waals surface area contributed by atoms with Gasteiger partial charge < -0.3 is 35.3 Å². The summed E-state index contributed by atoms with van der Waals surface area (Å²) in [6.07, 6.45) is 3.47. The fourth-order valence-electron chi connectivity index (χ4n) is 5.13. The highest BCUT2D eigenvalue weighted by atomic mass is 16.5. The lowest BCUT2D eigenvalue weighted by Gasteiger charge is -2.29. The number of carbonyl (C=O) groups is 3. The first-order valence-corrected chi connectivity index (χ1v) is 14.7. The van der Waals surface area contributed by atoms with Crippen LogP contribution in [-0.2, 0) is 11.2 Å². The predicted octanol–water partition coefficient (Wildman–Crippen LogP) is 6.88. The van der Waals surface area contributed by atoms with Gasteiger partial charge in [0.25, 0.3) is 0 Å². The average molecular weight is 610 g/mol. The molecule has 0 radical (unpaired) electrons. The van der Waals surface area contributed by atoms with Crippen LogP contribution in [0.5, 0.6) is 23.0 Å². The molecule has 3 amide bonds. The first-order chi connectivity index (χ1) is 21.8. The van der Waals surface area contributed by atoms with Crippen LogP contribution in [0.1, 0.15) is 41.6 Å². The molecule has 0 unspecified atom stereocenters. The molecule has 10 nitrogen and oxygen atoms in total. The van der Waals surface area contributed by atoms with Crippen molar-refractivity contribution in [1.82, 2.24) is 5.32 Å². The number of rotatable bonds is 11. The molecule has 0 spiro atoms. The molecule has 1 aliphatic carbocycles. The van der Waals surface area contributed by atoms with Crippen molar-refractivity contribution < 1.29 is 33.7 Å². The van der Waals surface area contributed by atoms with Crippen LogP contribution < -0.4 is 30.2 Å². The third-order valence-electron chi connectivity index (χ3n) is 7.42. The second-order valence-corrected chi connectivity index (χ2v) is 10.7. The molecule has 0 aromatic heterocycles. The number of para-hydroxylation sites is 1. The van der Waals surface area contributed by atoms with Crippen molar-refractivity contribution in [2.45, 2.75) is 44.2 Å². The number of amides is 3. The monoisotopic (exact) mass is 609 g/mol. The Labute approximate surface area is 261 Å². The molecule has 232 valence electrons. The quantitative estimate of drug-likeness (QED) is 0.146. The minimum absolute atomic E-state index is 0.0402. The van der Waals surface area contributed by atoms with Gasteiger partial charge in [-0.1, -0.05) is 30.3 Å². The van der Waals surface area contributed by atoms with Crippen molar-refractivity contribution >= 4 is 29.3 Å². The van der Waals surface area contributed by atoms with Crippen LogP contribution in [0, 0.1) is 0 Å². The summed E-state index contributed by atoms with van der Waals surface area (Å²) in [6, 6.07) is 27.9. The summed E-state index contributed by atoms with van der Waals surface area (Å²) in [7, 11) is 1.59. The summed E-state index contributed by atoms with van der Waals surface area (Å²) in [4.78, 5) is 36.3. The van der Waals surface area contributed by atoms with Gasteiger partial charge in [-0.2, -0.15) is 0 Å². The molecule has 10 heteroatoms. The van der Waals surface area contributed by atoms with Crippen LogP contribution in [0.4, 0.5) is 16.2 Å². The molecule has 0 bridgehead atoms. The van der Waals surface area contributed by atoms with E-state index in [4.69, 9.17) is 14.2 Å². The number of anilines is 2. The number of carboxylic acids is 1. The standard InChI is InChI=1S/C35H35N3O7/c1-43-30-6-4-5-25(22-30)37-35(42)36-24-11-15-27(16-12-24)45-29-19-17-28(18-20-29)44-26-13-9-23(10-14-26)21-33(39)38-32-8-3-2-7-31(32)34(40)41/h2-10,13-14,17-20,22,24,27H,11-12,15-16,21H2,1H3,(H,38,39)(H,40,41)(H2,36,37,42). The molecule has 0 heterocycles. The molecule has 0 saturated heterocycles.